The molecule has 0 radical (unpaired) electrons. The Morgan fingerprint density at radius 1 is 1.25 bits per heavy atom. The fourth-order valence-electron chi connectivity index (χ4n) is 3.17. The molecule has 3 heterocycles. The van der Waals surface area contributed by atoms with Gasteiger partial charge in [0.05, 0.1) is 24.4 Å². The Morgan fingerprint density at radius 3 is 2.79 bits per heavy atom. The molecule has 28 heavy (non-hydrogen) atoms. The van der Waals surface area contributed by atoms with Crippen molar-refractivity contribution in [3.05, 3.63) is 47.9 Å². The minimum Gasteiger partial charge on any atom is -0.493 e. The molecule has 0 saturated carbocycles. The smallest absolute Gasteiger partial charge is 0.420 e. The van der Waals surface area contributed by atoms with Gasteiger partial charge in [0.2, 0.25) is 0 Å². The molecule has 1 N–H and O–H groups in total. The molecule has 10 heteroatoms. The van der Waals surface area contributed by atoms with Gasteiger partial charge in [-0.3, -0.25) is 9.25 Å². The first kappa shape index (κ1) is 20.2. The number of nitrogens with one attached hydrogen (secondary N) is 1. The van der Waals surface area contributed by atoms with Crippen molar-refractivity contribution in [2.24, 2.45) is 0 Å². The Bertz CT molecular complexity index is 943. The van der Waals surface area contributed by atoms with E-state index < -0.39 is 11.7 Å². The minimum atomic E-state index is -4.51. The third kappa shape index (κ3) is 3.72. The minimum absolute atomic E-state index is 0. The molecule has 0 unspecified atom stereocenters. The van der Waals surface area contributed by atoms with Gasteiger partial charge in [0.15, 0.2) is 5.82 Å². The van der Waals surface area contributed by atoms with Gasteiger partial charge in [-0.05, 0) is 31.2 Å². The van der Waals surface area contributed by atoms with E-state index in [9.17, 15) is 13.2 Å². The van der Waals surface area contributed by atoms with Crippen molar-refractivity contribution in [1.29, 1.82) is 0 Å². The molecular formula is C18H19ClF3N5O. The molecule has 1 aliphatic rings. The van der Waals surface area contributed by atoms with Gasteiger partial charge in [0.25, 0.3) is 0 Å². The average molecular weight is 414 g/mol. The third-order valence-corrected chi connectivity index (χ3v) is 4.39. The monoisotopic (exact) mass is 413 g/mol. The normalized spacial score (nSPS) is 13.7. The van der Waals surface area contributed by atoms with E-state index in [1.807, 2.05) is 10.7 Å². The van der Waals surface area contributed by atoms with E-state index in [4.69, 9.17) is 4.74 Å². The second kappa shape index (κ2) is 7.84. The molecular weight excluding hydrogens is 395 g/mol. The van der Waals surface area contributed by atoms with Crippen LogP contribution in [0.25, 0.3) is 17.2 Å². The van der Waals surface area contributed by atoms with Crippen molar-refractivity contribution in [1.82, 2.24) is 24.6 Å². The summed E-state index contributed by atoms with van der Waals surface area (Å²) in [5, 5.41) is 7.81. The Kier molecular flexibility index (Phi) is 5.66. The number of alkyl halides is 3. The first-order chi connectivity index (χ1) is 13.0. The van der Waals surface area contributed by atoms with Gasteiger partial charge in [-0.1, -0.05) is 0 Å². The summed E-state index contributed by atoms with van der Waals surface area (Å²) in [6, 6.07) is 5.91. The lowest BCUT2D eigenvalue weighted by atomic mass is 10.1. The van der Waals surface area contributed by atoms with Gasteiger partial charge in [-0.15, -0.1) is 12.4 Å². The van der Waals surface area contributed by atoms with Crippen LogP contribution >= 0.6 is 12.4 Å². The van der Waals surface area contributed by atoms with Crippen molar-refractivity contribution >= 4 is 12.4 Å². The number of ether oxygens (including phenoxy) is 1. The zero-order valence-electron chi connectivity index (χ0n) is 15.0. The molecule has 0 bridgehead atoms. The van der Waals surface area contributed by atoms with Gasteiger partial charge in [-0.2, -0.15) is 18.3 Å². The van der Waals surface area contributed by atoms with Crippen LogP contribution in [0.5, 0.6) is 5.75 Å². The summed E-state index contributed by atoms with van der Waals surface area (Å²) in [5.74, 6) is 0.313. The number of nitrogens with zero attached hydrogens (tertiary/aromatic N) is 4. The predicted molar refractivity (Wildman–Crippen MR) is 99.9 cm³/mol. The topological polar surface area (TPSA) is 56.9 Å². The van der Waals surface area contributed by atoms with E-state index in [-0.39, 0.29) is 24.8 Å². The highest BCUT2D eigenvalue weighted by Crippen LogP contribution is 2.38. The number of fused-ring (bicyclic) bond motifs is 1. The van der Waals surface area contributed by atoms with Crippen LogP contribution in [0.15, 0.2) is 36.7 Å². The summed E-state index contributed by atoms with van der Waals surface area (Å²) >= 11 is 0. The lowest BCUT2D eigenvalue weighted by molar-refractivity contribution is -0.138. The number of rotatable bonds is 4. The molecule has 150 valence electrons. The van der Waals surface area contributed by atoms with Crippen molar-refractivity contribution < 1.29 is 17.9 Å². The van der Waals surface area contributed by atoms with Gasteiger partial charge in [-0.25, -0.2) is 4.98 Å². The molecule has 0 saturated heterocycles. The lowest BCUT2D eigenvalue weighted by Crippen LogP contribution is -2.28. The molecule has 1 aliphatic heterocycles. The molecule has 0 aliphatic carbocycles. The SMILES string of the molecule is CCOc1ccc(-n2ccnc2-c2cc3n(n2)CCNC3)cc1C(F)(F)F.Cl. The van der Waals surface area contributed by atoms with Crippen molar-refractivity contribution in [3.63, 3.8) is 0 Å². The Balaban J connectivity index is 0.00000225. The summed E-state index contributed by atoms with van der Waals surface area (Å²) < 4.78 is 49.0. The predicted octanol–water partition coefficient (Wildman–Crippen LogP) is 3.68. The van der Waals surface area contributed by atoms with Crippen LogP contribution < -0.4 is 10.1 Å². The first-order valence-corrected chi connectivity index (χ1v) is 8.63. The Morgan fingerprint density at radius 2 is 2.07 bits per heavy atom. The fourth-order valence-corrected chi connectivity index (χ4v) is 3.17. The van der Waals surface area contributed by atoms with E-state index in [0.29, 0.717) is 23.8 Å². The van der Waals surface area contributed by atoms with Crippen LogP contribution in [0.2, 0.25) is 0 Å². The van der Waals surface area contributed by atoms with Crippen LogP contribution in [0.1, 0.15) is 18.2 Å². The number of imidazole rings is 1. The molecule has 0 amide bonds. The summed E-state index contributed by atoms with van der Waals surface area (Å²) in [7, 11) is 0. The second-order valence-electron chi connectivity index (χ2n) is 6.15. The number of hydrogen-bond acceptors (Lipinski definition) is 4. The second-order valence-corrected chi connectivity index (χ2v) is 6.15. The lowest BCUT2D eigenvalue weighted by Gasteiger charge is -2.15. The molecule has 4 rings (SSSR count). The number of aromatic nitrogens is 4. The van der Waals surface area contributed by atoms with Gasteiger partial charge in [0, 0.05) is 31.2 Å². The third-order valence-electron chi connectivity index (χ3n) is 4.39. The summed E-state index contributed by atoms with van der Waals surface area (Å²) in [6.07, 6.45) is -1.34. The zero-order valence-corrected chi connectivity index (χ0v) is 15.8. The summed E-state index contributed by atoms with van der Waals surface area (Å²) in [4.78, 5) is 4.31. The highest BCUT2D eigenvalue weighted by molar-refractivity contribution is 5.85. The van der Waals surface area contributed by atoms with Crippen molar-refractivity contribution in [3.8, 4) is 23.0 Å². The molecule has 2 aromatic heterocycles. The van der Waals surface area contributed by atoms with Crippen molar-refractivity contribution in [2.45, 2.75) is 26.2 Å². The number of halogens is 4. The largest absolute Gasteiger partial charge is 0.493 e. The van der Waals surface area contributed by atoms with Gasteiger partial charge >= 0.3 is 6.18 Å². The summed E-state index contributed by atoms with van der Waals surface area (Å²) in [6.45, 7) is 4.09. The number of hydrogen-bond donors (Lipinski definition) is 1. The van der Waals surface area contributed by atoms with E-state index in [2.05, 4.69) is 15.4 Å². The van der Waals surface area contributed by atoms with Crippen LogP contribution in [0.3, 0.4) is 0 Å². The van der Waals surface area contributed by atoms with E-state index in [1.165, 1.54) is 6.07 Å². The Labute approximate surface area is 165 Å². The van der Waals surface area contributed by atoms with Crippen molar-refractivity contribution in [2.75, 3.05) is 13.2 Å². The van der Waals surface area contributed by atoms with Crippen LogP contribution in [0.4, 0.5) is 13.2 Å². The van der Waals surface area contributed by atoms with Gasteiger partial charge in [0.1, 0.15) is 11.4 Å². The molecule has 0 fully saturated rings. The molecule has 6 nitrogen and oxygen atoms in total. The van der Waals surface area contributed by atoms with E-state index in [0.717, 1.165) is 24.8 Å². The molecule has 3 aromatic rings. The molecule has 0 spiro atoms. The molecule has 0 atom stereocenters. The summed E-state index contributed by atoms with van der Waals surface area (Å²) in [5.41, 5.74) is 1.19. The van der Waals surface area contributed by atoms with E-state index >= 15 is 0 Å². The van der Waals surface area contributed by atoms with Crippen LogP contribution in [-0.4, -0.2) is 32.5 Å². The quantitative estimate of drug-likeness (QED) is 0.709. The zero-order chi connectivity index (χ0) is 19.0. The maximum absolute atomic E-state index is 13.4. The van der Waals surface area contributed by atoms with Gasteiger partial charge < -0.3 is 10.1 Å². The number of benzene rings is 1. The van der Waals surface area contributed by atoms with Crippen LogP contribution in [0, 0.1) is 0 Å². The Hall–Kier alpha value is -2.52. The molecule has 1 aromatic carbocycles. The highest BCUT2D eigenvalue weighted by Gasteiger charge is 2.35. The first-order valence-electron chi connectivity index (χ1n) is 8.63. The maximum atomic E-state index is 13.4. The highest BCUT2D eigenvalue weighted by atomic mass is 35.5. The fraction of sp³-hybridized carbons (Fsp3) is 0.333. The maximum Gasteiger partial charge on any atom is 0.420 e. The average Bonchev–Trinajstić information content (AvgIpc) is 3.28. The standard InChI is InChI=1S/C18H18F3N5O.ClH/c1-2-27-16-4-3-12(9-14(16)18(19,20)21)25-7-6-23-17(25)15-10-13-11-22-5-8-26(13)24-15;/h3-4,6-7,9-10,22H,2,5,8,11H2,1H3;1H. The van der Waals surface area contributed by atoms with Crippen LogP contribution in [-0.2, 0) is 19.3 Å². The van der Waals surface area contributed by atoms with E-state index in [1.54, 1.807) is 30.0 Å².